The first-order chi connectivity index (χ1) is 21.3. The van der Waals surface area contributed by atoms with E-state index in [1.807, 2.05) is 42.5 Å². The highest BCUT2D eigenvalue weighted by Gasteiger charge is 2.25. The Balaban J connectivity index is 1.35. The van der Waals surface area contributed by atoms with Crippen molar-refractivity contribution in [2.45, 2.75) is 13.2 Å². The SMILES string of the molecule is COc1ccc(/C=N\OCc2nc3c4c(-c5ccccc5)c(-c5ccccc5)n(Cc5ccccc5)c4ncn3n2)cc1. The average molecular weight is 565 g/mol. The van der Waals surface area contributed by atoms with Crippen molar-refractivity contribution in [2.75, 3.05) is 7.11 Å². The van der Waals surface area contributed by atoms with E-state index in [0.29, 0.717) is 18.0 Å². The number of ether oxygens (including phenoxy) is 1. The van der Waals surface area contributed by atoms with Crippen molar-refractivity contribution in [3.05, 3.63) is 139 Å². The van der Waals surface area contributed by atoms with Gasteiger partial charge in [0.05, 0.1) is 24.4 Å². The Morgan fingerprint density at radius 2 is 1.44 bits per heavy atom. The van der Waals surface area contributed by atoms with Crippen molar-refractivity contribution in [1.82, 2.24) is 24.1 Å². The highest BCUT2D eigenvalue weighted by Crippen LogP contribution is 2.42. The third kappa shape index (κ3) is 5.22. The summed E-state index contributed by atoms with van der Waals surface area (Å²) < 4.78 is 9.22. The molecular weight excluding hydrogens is 536 g/mol. The molecule has 3 heterocycles. The van der Waals surface area contributed by atoms with E-state index in [1.165, 1.54) is 5.56 Å². The number of fused-ring (bicyclic) bond motifs is 3. The Morgan fingerprint density at radius 1 is 0.767 bits per heavy atom. The molecule has 43 heavy (non-hydrogen) atoms. The van der Waals surface area contributed by atoms with Crippen LogP contribution in [0.25, 0.3) is 39.1 Å². The zero-order chi connectivity index (χ0) is 29.0. The van der Waals surface area contributed by atoms with Gasteiger partial charge in [0.1, 0.15) is 17.7 Å². The molecule has 0 atom stereocenters. The molecule has 8 nitrogen and oxygen atoms in total. The van der Waals surface area contributed by atoms with E-state index in [1.54, 1.807) is 24.2 Å². The van der Waals surface area contributed by atoms with Gasteiger partial charge in [0.25, 0.3) is 0 Å². The minimum absolute atomic E-state index is 0.118. The first-order valence-electron chi connectivity index (χ1n) is 14.0. The monoisotopic (exact) mass is 564 g/mol. The topological polar surface area (TPSA) is 78.8 Å². The number of nitrogens with zero attached hydrogens (tertiary/aromatic N) is 6. The molecule has 8 heteroatoms. The Kier molecular flexibility index (Phi) is 7.07. The second-order valence-electron chi connectivity index (χ2n) is 10.0. The molecule has 210 valence electrons. The van der Waals surface area contributed by atoms with E-state index in [-0.39, 0.29) is 6.61 Å². The second kappa shape index (κ2) is 11.6. The molecule has 0 bridgehead atoms. The van der Waals surface area contributed by atoms with Crippen molar-refractivity contribution in [3.8, 4) is 28.1 Å². The number of oxime groups is 1. The standard InChI is InChI=1S/C35H28N6O2/c1-42-29-19-17-25(18-20-29)21-37-43-23-30-38-35-32-31(27-13-7-3-8-14-27)33(28-15-9-4-10-16-28)40(22-26-11-5-2-6-12-26)34(32)36-24-41(35)39-30/h2-21,24H,22-23H2,1H3/b37-21-. The minimum Gasteiger partial charge on any atom is -0.497 e. The Morgan fingerprint density at radius 3 is 2.14 bits per heavy atom. The van der Waals surface area contributed by atoms with Crippen LogP contribution in [-0.4, -0.2) is 37.5 Å². The van der Waals surface area contributed by atoms with Crippen LogP contribution in [0.5, 0.6) is 5.75 Å². The van der Waals surface area contributed by atoms with Gasteiger partial charge in [0.15, 0.2) is 18.1 Å². The summed E-state index contributed by atoms with van der Waals surface area (Å²) in [5.41, 5.74) is 7.96. The predicted octanol–water partition coefficient (Wildman–Crippen LogP) is 7.02. The highest BCUT2D eigenvalue weighted by atomic mass is 16.6. The van der Waals surface area contributed by atoms with E-state index in [4.69, 9.17) is 19.5 Å². The normalized spacial score (nSPS) is 11.5. The number of benzene rings is 4. The van der Waals surface area contributed by atoms with Gasteiger partial charge in [-0.1, -0.05) is 96.2 Å². The van der Waals surface area contributed by atoms with Crippen LogP contribution in [0.1, 0.15) is 17.0 Å². The summed E-state index contributed by atoms with van der Waals surface area (Å²) in [6.45, 7) is 0.772. The van der Waals surface area contributed by atoms with Crippen LogP contribution < -0.4 is 4.74 Å². The molecular formula is C35H28N6O2. The minimum atomic E-state index is 0.118. The van der Waals surface area contributed by atoms with Crippen LogP contribution in [0.3, 0.4) is 0 Å². The quantitative estimate of drug-likeness (QED) is 0.139. The highest BCUT2D eigenvalue weighted by molar-refractivity contribution is 6.09. The molecule has 0 radical (unpaired) electrons. The van der Waals surface area contributed by atoms with Gasteiger partial charge in [-0.05, 0) is 46.5 Å². The van der Waals surface area contributed by atoms with Gasteiger partial charge in [-0.2, -0.15) is 0 Å². The van der Waals surface area contributed by atoms with E-state index in [9.17, 15) is 0 Å². The average Bonchev–Trinajstić information content (AvgIpc) is 3.63. The van der Waals surface area contributed by atoms with E-state index >= 15 is 0 Å². The number of methoxy groups -OCH3 is 1. The Labute approximate surface area is 248 Å². The fraction of sp³-hybridized carbons (Fsp3) is 0.0857. The van der Waals surface area contributed by atoms with Gasteiger partial charge >= 0.3 is 0 Å². The molecule has 0 fully saturated rings. The van der Waals surface area contributed by atoms with Crippen LogP contribution in [-0.2, 0) is 18.0 Å². The summed E-state index contributed by atoms with van der Waals surface area (Å²) in [4.78, 5) is 15.5. The smallest absolute Gasteiger partial charge is 0.192 e. The summed E-state index contributed by atoms with van der Waals surface area (Å²) in [6.07, 6.45) is 3.37. The lowest BCUT2D eigenvalue weighted by Gasteiger charge is -2.13. The summed E-state index contributed by atoms with van der Waals surface area (Å²) in [5, 5.41) is 9.73. The number of rotatable bonds is 9. The first kappa shape index (κ1) is 26.2. The van der Waals surface area contributed by atoms with E-state index < -0.39 is 0 Å². The second-order valence-corrected chi connectivity index (χ2v) is 10.0. The molecule has 0 amide bonds. The first-order valence-corrected chi connectivity index (χ1v) is 14.0. The third-order valence-corrected chi connectivity index (χ3v) is 7.30. The van der Waals surface area contributed by atoms with E-state index in [2.05, 4.69) is 87.6 Å². The molecule has 0 unspecified atom stereocenters. The molecule has 3 aromatic heterocycles. The van der Waals surface area contributed by atoms with Crippen LogP contribution in [0.15, 0.2) is 127 Å². The Bertz CT molecular complexity index is 2020. The van der Waals surface area contributed by atoms with Gasteiger partial charge in [-0.3, -0.25) is 0 Å². The number of hydrogen-bond acceptors (Lipinski definition) is 6. The lowest BCUT2D eigenvalue weighted by atomic mass is 9.99. The zero-order valence-electron chi connectivity index (χ0n) is 23.5. The van der Waals surface area contributed by atoms with Crippen molar-refractivity contribution >= 4 is 22.9 Å². The molecule has 0 saturated heterocycles. The maximum absolute atomic E-state index is 5.59. The summed E-state index contributed by atoms with van der Waals surface area (Å²) in [5.74, 6) is 1.30. The summed E-state index contributed by atoms with van der Waals surface area (Å²) in [7, 11) is 1.64. The van der Waals surface area contributed by atoms with Gasteiger partial charge < -0.3 is 14.1 Å². The molecule has 7 rings (SSSR count). The molecule has 7 aromatic rings. The Hall–Kier alpha value is -5.76. The van der Waals surface area contributed by atoms with Crippen molar-refractivity contribution in [2.24, 2.45) is 5.16 Å². The zero-order valence-corrected chi connectivity index (χ0v) is 23.5. The molecule has 0 aliphatic rings. The van der Waals surface area contributed by atoms with Crippen LogP contribution >= 0.6 is 0 Å². The van der Waals surface area contributed by atoms with Gasteiger partial charge in [0.2, 0.25) is 0 Å². The molecule has 0 spiro atoms. The maximum Gasteiger partial charge on any atom is 0.192 e. The molecule has 4 aromatic carbocycles. The number of hydrogen-bond donors (Lipinski definition) is 0. The van der Waals surface area contributed by atoms with Crippen LogP contribution in [0.2, 0.25) is 0 Å². The maximum atomic E-state index is 5.59. The summed E-state index contributed by atoms with van der Waals surface area (Å²) in [6, 6.07) is 38.9. The molecule has 0 aliphatic heterocycles. The van der Waals surface area contributed by atoms with Gasteiger partial charge in [-0.25, -0.2) is 14.5 Å². The lowest BCUT2D eigenvalue weighted by molar-refractivity contribution is 0.126. The fourth-order valence-electron chi connectivity index (χ4n) is 5.33. The largest absolute Gasteiger partial charge is 0.497 e. The van der Waals surface area contributed by atoms with Crippen LogP contribution in [0.4, 0.5) is 0 Å². The van der Waals surface area contributed by atoms with Gasteiger partial charge in [-0.15, -0.1) is 5.10 Å². The van der Waals surface area contributed by atoms with E-state index in [0.717, 1.165) is 44.7 Å². The van der Waals surface area contributed by atoms with Gasteiger partial charge in [0, 0.05) is 12.1 Å². The number of aromatic nitrogens is 5. The van der Waals surface area contributed by atoms with Crippen molar-refractivity contribution < 1.29 is 9.57 Å². The van der Waals surface area contributed by atoms with Crippen molar-refractivity contribution in [1.29, 1.82) is 0 Å². The molecule has 0 aliphatic carbocycles. The summed E-state index contributed by atoms with van der Waals surface area (Å²) >= 11 is 0. The molecule has 0 saturated carbocycles. The fourth-order valence-corrected chi connectivity index (χ4v) is 5.33. The molecule has 0 N–H and O–H groups in total. The lowest BCUT2D eigenvalue weighted by Crippen LogP contribution is -2.03. The third-order valence-electron chi connectivity index (χ3n) is 7.30. The van der Waals surface area contributed by atoms with Crippen molar-refractivity contribution in [3.63, 3.8) is 0 Å². The van der Waals surface area contributed by atoms with Crippen LogP contribution in [0, 0.1) is 0 Å². The predicted molar refractivity (Wildman–Crippen MR) is 168 cm³/mol.